The molecule has 5 unspecified atom stereocenters. The van der Waals surface area contributed by atoms with Gasteiger partial charge in [0, 0.05) is 0 Å². The number of hydrogen-bond acceptors (Lipinski definition) is 3. The topological polar surface area (TPSA) is 46.5 Å². The van der Waals surface area contributed by atoms with Crippen molar-refractivity contribution in [3.8, 4) is 0 Å². The van der Waals surface area contributed by atoms with Crippen LogP contribution in [0.2, 0.25) is 0 Å². The van der Waals surface area contributed by atoms with Gasteiger partial charge in [0.05, 0.1) is 5.92 Å². The molecular weight excluding hydrogens is 330 g/mol. The second-order valence-corrected chi connectivity index (χ2v) is 6.68. The Morgan fingerprint density at radius 1 is 1.04 bits per heavy atom. The summed E-state index contributed by atoms with van der Waals surface area (Å²) in [6, 6.07) is 0. The summed E-state index contributed by atoms with van der Waals surface area (Å²) in [5.41, 5.74) is -5.05. The molecule has 0 saturated heterocycles. The minimum Gasteiger partial charge on any atom is -0.462 e. The van der Waals surface area contributed by atoms with E-state index in [4.69, 9.17) is 5.11 Å². The van der Waals surface area contributed by atoms with Crippen LogP contribution in [0.25, 0.3) is 0 Å². The van der Waals surface area contributed by atoms with Crippen LogP contribution in [0.4, 0.5) is 26.3 Å². The molecule has 0 heterocycles. The van der Waals surface area contributed by atoms with Gasteiger partial charge in [0.25, 0.3) is 5.60 Å². The van der Waals surface area contributed by atoms with E-state index in [0.29, 0.717) is 12.3 Å². The molecule has 0 radical (unpaired) electrons. The molecule has 2 rings (SSSR count). The summed E-state index contributed by atoms with van der Waals surface area (Å²) in [6.07, 6.45) is -10.8. The normalized spacial score (nSPS) is 34.7. The van der Waals surface area contributed by atoms with Crippen molar-refractivity contribution in [1.29, 1.82) is 0 Å². The maximum atomic E-state index is 12.5. The summed E-state index contributed by atoms with van der Waals surface area (Å²) in [4.78, 5) is 11.9. The molecule has 1 N–H and O–H groups in total. The molecule has 0 aromatic rings. The summed E-state index contributed by atoms with van der Waals surface area (Å²) < 4.78 is 79.4. The fraction of sp³-hybridized carbons (Fsp3) is 0.929. The number of hydrogen-bond donors (Lipinski definition) is 1. The molecule has 5 atom stereocenters. The molecular formula is C14H18F6O3. The molecule has 134 valence electrons. The Labute approximate surface area is 129 Å². The van der Waals surface area contributed by atoms with E-state index in [9.17, 15) is 31.1 Å². The summed E-state index contributed by atoms with van der Waals surface area (Å²) in [5.74, 6) is -1.12. The highest BCUT2D eigenvalue weighted by atomic mass is 19.4. The van der Waals surface area contributed by atoms with Crippen LogP contribution in [0.5, 0.6) is 0 Å². The number of halogens is 6. The van der Waals surface area contributed by atoms with Crippen molar-refractivity contribution in [3.05, 3.63) is 0 Å². The van der Waals surface area contributed by atoms with Gasteiger partial charge in [-0.25, -0.2) is 0 Å². The molecule has 0 aromatic carbocycles. The summed E-state index contributed by atoms with van der Waals surface area (Å²) in [5, 5.41) is 8.97. The summed E-state index contributed by atoms with van der Waals surface area (Å²) >= 11 is 0. The molecule has 2 aliphatic carbocycles. The molecule has 9 heteroatoms. The van der Waals surface area contributed by atoms with E-state index >= 15 is 0 Å². The maximum Gasteiger partial charge on any atom is 0.429 e. The molecule has 2 fully saturated rings. The van der Waals surface area contributed by atoms with E-state index in [-0.39, 0.29) is 17.8 Å². The van der Waals surface area contributed by atoms with Crippen molar-refractivity contribution in [1.82, 2.24) is 0 Å². The Morgan fingerprint density at radius 3 is 1.96 bits per heavy atom. The number of carbonyl (C=O) groups excluding carboxylic acids is 1. The second-order valence-electron chi connectivity index (χ2n) is 6.68. The van der Waals surface area contributed by atoms with Gasteiger partial charge in [-0.05, 0) is 36.5 Å². The first-order valence-corrected chi connectivity index (χ1v) is 7.32. The van der Waals surface area contributed by atoms with E-state index in [1.807, 2.05) is 13.8 Å². The number of ether oxygens (including phenoxy) is 1. The highest BCUT2D eigenvalue weighted by molar-refractivity contribution is 5.73. The predicted octanol–water partition coefficient (Wildman–Crippen LogP) is 3.31. The fourth-order valence-electron chi connectivity index (χ4n) is 3.82. The van der Waals surface area contributed by atoms with Crippen molar-refractivity contribution in [2.24, 2.45) is 29.6 Å². The first-order chi connectivity index (χ1) is 10.3. The smallest absolute Gasteiger partial charge is 0.429 e. The molecule has 0 amide bonds. The van der Waals surface area contributed by atoms with E-state index < -0.39 is 36.4 Å². The van der Waals surface area contributed by atoms with Crippen molar-refractivity contribution in [3.63, 3.8) is 0 Å². The van der Waals surface area contributed by atoms with Crippen molar-refractivity contribution in [2.45, 2.75) is 44.6 Å². The number of alkyl halides is 6. The van der Waals surface area contributed by atoms with Gasteiger partial charge in [-0.1, -0.05) is 13.8 Å². The van der Waals surface area contributed by atoms with Crippen LogP contribution in [-0.4, -0.2) is 35.6 Å². The van der Waals surface area contributed by atoms with E-state index in [2.05, 4.69) is 4.74 Å². The molecule has 2 saturated carbocycles. The molecule has 0 aromatic heterocycles. The first-order valence-electron chi connectivity index (χ1n) is 7.32. The van der Waals surface area contributed by atoms with Gasteiger partial charge in [-0.15, -0.1) is 0 Å². The van der Waals surface area contributed by atoms with Crippen LogP contribution >= 0.6 is 0 Å². The Kier molecular flexibility index (Phi) is 4.41. The number of esters is 1. The maximum absolute atomic E-state index is 12.5. The average molecular weight is 348 g/mol. The molecule has 2 bridgehead atoms. The Balaban J connectivity index is 2.04. The monoisotopic (exact) mass is 348 g/mol. The third-order valence-electron chi connectivity index (χ3n) is 5.56. The Hall–Kier alpha value is -0.990. The van der Waals surface area contributed by atoms with Crippen LogP contribution in [0, 0.1) is 29.6 Å². The number of rotatable bonds is 3. The zero-order valence-electron chi connectivity index (χ0n) is 12.5. The second kappa shape index (κ2) is 5.53. The lowest BCUT2D eigenvalue weighted by Gasteiger charge is -2.33. The van der Waals surface area contributed by atoms with E-state index in [1.165, 1.54) is 0 Å². The van der Waals surface area contributed by atoms with Gasteiger partial charge in [0.15, 0.2) is 0 Å². The third-order valence-corrected chi connectivity index (χ3v) is 5.56. The lowest BCUT2D eigenvalue weighted by molar-refractivity contribution is -0.375. The average Bonchev–Trinajstić information content (AvgIpc) is 2.94. The number of fused-ring (bicyclic) bond motifs is 2. The molecule has 0 spiro atoms. The van der Waals surface area contributed by atoms with Crippen LogP contribution in [0.15, 0.2) is 0 Å². The fourth-order valence-corrected chi connectivity index (χ4v) is 3.82. The minimum absolute atomic E-state index is 0.0904. The third kappa shape index (κ3) is 2.92. The molecule has 0 aliphatic heterocycles. The van der Waals surface area contributed by atoms with Crippen LogP contribution < -0.4 is 0 Å². The van der Waals surface area contributed by atoms with Gasteiger partial charge in [0.1, 0.15) is 6.61 Å². The molecule has 3 nitrogen and oxygen atoms in total. The lowest BCUT2D eigenvalue weighted by Crippen LogP contribution is -2.60. The predicted molar refractivity (Wildman–Crippen MR) is 66.1 cm³/mol. The van der Waals surface area contributed by atoms with Gasteiger partial charge >= 0.3 is 18.3 Å². The SMILES string of the molecule is CC1C2CC(C(=O)OCC(O)(C(F)(F)F)C(F)(F)F)C(C2)C1C. The van der Waals surface area contributed by atoms with Gasteiger partial charge in [-0.2, -0.15) is 26.3 Å². The largest absolute Gasteiger partial charge is 0.462 e. The Morgan fingerprint density at radius 2 is 1.57 bits per heavy atom. The van der Waals surface area contributed by atoms with E-state index in [0.717, 1.165) is 6.42 Å². The zero-order chi connectivity index (χ0) is 17.8. The summed E-state index contributed by atoms with van der Waals surface area (Å²) in [6.45, 7) is 1.76. The van der Waals surface area contributed by atoms with Crippen LogP contribution in [0.3, 0.4) is 0 Å². The summed E-state index contributed by atoms with van der Waals surface area (Å²) in [7, 11) is 0. The van der Waals surface area contributed by atoms with Crippen LogP contribution in [-0.2, 0) is 9.53 Å². The zero-order valence-corrected chi connectivity index (χ0v) is 12.5. The van der Waals surface area contributed by atoms with Gasteiger partial charge < -0.3 is 9.84 Å². The van der Waals surface area contributed by atoms with Crippen molar-refractivity contribution in [2.75, 3.05) is 6.61 Å². The van der Waals surface area contributed by atoms with Gasteiger partial charge in [0.2, 0.25) is 0 Å². The standard InChI is InChI=1S/C14H18F6O3/c1-6-7(2)9-3-8(6)4-10(9)11(21)23-5-12(22,13(15,16)17)14(18,19)20/h6-10,22H,3-5H2,1-2H3. The quantitative estimate of drug-likeness (QED) is 0.629. The first kappa shape index (κ1) is 18.4. The number of aliphatic hydroxyl groups is 1. The molecule has 2 aliphatic rings. The van der Waals surface area contributed by atoms with Gasteiger partial charge in [-0.3, -0.25) is 4.79 Å². The van der Waals surface area contributed by atoms with Crippen molar-refractivity contribution < 1.29 is 41.0 Å². The minimum atomic E-state index is -5.98. The number of carbonyl (C=O) groups is 1. The lowest BCUT2D eigenvalue weighted by atomic mass is 9.76. The molecule has 23 heavy (non-hydrogen) atoms. The van der Waals surface area contributed by atoms with E-state index in [1.54, 1.807) is 0 Å². The highest BCUT2D eigenvalue weighted by Crippen LogP contribution is 2.55. The van der Waals surface area contributed by atoms with Crippen LogP contribution in [0.1, 0.15) is 26.7 Å². The highest BCUT2D eigenvalue weighted by Gasteiger charge is 2.71. The Bertz CT molecular complexity index is 456. The van der Waals surface area contributed by atoms with Crippen molar-refractivity contribution >= 4 is 5.97 Å².